The van der Waals surface area contributed by atoms with Gasteiger partial charge in [0.05, 0.1) is 5.41 Å². The Balaban J connectivity index is 2.03. The number of H-pyrrole nitrogens is 2. The van der Waals surface area contributed by atoms with E-state index in [1.807, 2.05) is 36.4 Å². The van der Waals surface area contributed by atoms with E-state index in [-0.39, 0.29) is 0 Å². The molecule has 0 atom stereocenters. The molecule has 0 fully saturated rings. The summed E-state index contributed by atoms with van der Waals surface area (Å²) >= 11 is 0. The Morgan fingerprint density at radius 1 is 1.00 bits per heavy atom. The minimum atomic E-state index is -0.783. The van der Waals surface area contributed by atoms with Gasteiger partial charge in [-0.3, -0.25) is 14.6 Å². The van der Waals surface area contributed by atoms with Crippen LogP contribution in [0.3, 0.4) is 0 Å². The molecule has 9 heteroatoms. The molecule has 6 N–H and O–H groups in total. The highest BCUT2D eigenvalue weighted by atomic mass is 16.1. The van der Waals surface area contributed by atoms with E-state index in [1.54, 1.807) is 0 Å². The van der Waals surface area contributed by atoms with Crippen molar-refractivity contribution in [2.75, 3.05) is 17.2 Å². The summed E-state index contributed by atoms with van der Waals surface area (Å²) < 4.78 is 0. The van der Waals surface area contributed by atoms with Crippen LogP contribution in [0.4, 0.5) is 11.4 Å². The van der Waals surface area contributed by atoms with Gasteiger partial charge in [0.1, 0.15) is 5.82 Å². The number of aromatic nitrogens is 3. The second-order valence-corrected chi connectivity index (χ2v) is 7.24. The van der Waals surface area contributed by atoms with Crippen LogP contribution in [0, 0.1) is 0 Å². The molecule has 9 nitrogen and oxygen atoms in total. The fourth-order valence-electron chi connectivity index (χ4n) is 4.50. The quantitative estimate of drug-likeness (QED) is 0.372. The molecular weight excluding hydrogens is 384 g/mol. The molecule has 1 aromatic heterocycles. The number of amides is 2. The lowest BCUT2D eigenvalue weighted by Gasteiger charge is -2.34. The third kappa shape index (κ3) is 3.18. The number of nitrogens with zero attached hydrogens (tertiary/aromatic N) is 1. The standard InChI is InChI=1S/C21H22N6O3/c22-8-7-21(19-25-20(30)27-26-19)17-5-3-15(23-11-28)9-13(17)1-2-14-10-16(24-12-29)4-6-18(14)21/h3-6,9-12H,1-2,7-8,22H2,(H,23,28)(H,24,29)(H2,25,26,27,30). The van der Waals surface area contributed by atoms with Gasteiger partial charge in [-0.25, -0.2) is 9.89 Å². The summed E-state index contributed by atoms with van der Waals surface area (Å²) in [5.74, 6) is 0.481. The van der Waals surface area contributed by atoms with Crippen LogP contribution in [-0.4, -0.2) is 34.5 Å². The number of anilines is 2. The highest BCUT2D eigenvalue weighted by molar-refractivity contribution is 5.74. The van der Waals surface area contributed by atoms with Crippen molar-refractivity contribution in [3.05, 3.63) is 75.0 Å². The van der Waals surface area contributed by atoms with Crippen LogP contribution in [-0.2, 0) is 27.8 Å². The zero-order valence-electron chi connectivity index (χ0n) is 16.2. The van der Waals surface area contributed by atoms with Gasteiger partial charge < -0.3 is 16.4 Å². The van der Waals surface area contributed by atoms with Crippen molar-refractivity contribution < 1.29 is 9.59 Å². The Labute approximate surface area is 172 Å². The minimum Gasteiger partial charge on any atom is -0.330 e. The Morgan fingerprint density at radius 2 is 1.57 bits per heavy atom. The number of hydrogen-bond donors (Lipinski definition) is 5. The summed E-state index contributed by atoms with van der Waals surface area (Å²) in [6, 6.07) is 11.5. The number of carbonyl (C=O) groups is 2. The number of aromatic amines is 2. The molecule has 1 heterocycles. The lowest BCUT2D eigenvalue weighted by atomic mass is 9.69. The molecule has 0 radical (unpaired) electrons. The summed E-state index contributed by atoms with van der Waals surface area (Å²) in [6.07, 6.45) is 3.21. The first-order valence-electron chi connectivity index (χ1n) is 9.65. The second-order valence-electron chi connectivity index (χ2n) is 7.24. The number of hydrogen-bond acceptors (Lipinski definition) is 5. The van der Waals surface area contributed by atoms with Gasteiger partial charge in [-0.05, 0) is 72.3 Å². The second kappa shape index (κ2) is 7.96. The monoisotopic (exact) mass is 406 g/mol. The van der Waals surface area contributed by atoms with Crippen molar-refractivity contribution in [1.82, 2.24) is 15.2 Å². The van der Waals surface area contributed by atoms with E-state index in [4.69, 9.17) is 5.73 Å². The fourth-order valence-corrected chi connectivity index (χ4v) is 4.50. The largest absolute Gasteiger partial charge is 0.340 e. The van der Waals surface area contributed by atoms with Crippen LogP contribution in [0.2, 0.25) is 0 Å². The molecule has 0 aliphatic heterocycles. The van der Waals surface area contributed by atoms with E-state index < -0.39 is 11.1 Å². The Kier molecular flexibility index (Phi) is 5.20. The molecule has 0 saturated heterocycles. The number of fused-ring (bicyclic) bond motifs is 2. The first-order chi connectivity index (χ1) is 14.6. The average Bonchev–Trinajstić information content (AvgIpc) is 3.13. The number of rotatable bonds is 7. The molecule has 2 amide bonds. The van der Waals surface area contributed by atoms with E-state index in [1.165, 1.54) is 0 Å². The third-order valence-corrected chi connectivity index (χ3v) is 5.67. The van der Waals surface area contributed by atoms with Crippen molar-refractivity contribution in [1.29, 1.82) is 0 Å². The maximum absolute atomic E-state index is 12.0. The Bertz CT molecular complexity index is 1090. The molecule has 154 valence electrons. The van der Waals surface area contributed by atoms with E-state index in [0.717, 1.165) is 22.3 Å². The van der Waals surface area contributed by atoms with Gasteiger partial charge in [0.2, 0.25) is 12.8 Å². The predicted octanol–water partition coefficient (Wildman–Crippen LogP) is 1.02. The Hall–Kier alpha value is -3.72. The van der Waals surface area contributed by atoms with Crippen molar-refractivity contribution in [3.8, 4) is 0 Å². The van der Waals surface area contributed by atoms with Crippen molar-refractivity contribution in [2.45, 2.75) is 24.7 Å². The first-order valence-corrected chi connectivity index (χ1v) is 9.65. The summed E-state index contributed by atoms with van der Waals surface area (Å²) in [6.45, 7) is 0.358. The van der Waals surface area contributed by atoms with Gasteiger partial charge in [-0.1, -0.05) is 12.1 Å². The number of aryl methyl sites for hydroxylation is 2. The molecule has 4 rings (SSSR count). The van der Waals surface area contributed by atoms with Crippen molar-refractivity contribution in [2.24, 2.45) is 5.73 Å². The Morgan fingerprint density at radius 3 is 2.00 bits per heavy atom. The number of nitrogens with one attached hydrogen (secondary N) is 4. The molecule has 1 aliphatic carbocycles. The third-order valence-electron chi connectivity index (χ3n) is 5.67. The van der Waals surface area contributed by atoms with Gasteiger partial charge >= 0.3 is 5.69 Å². The molecule has 2 aromatic carbocycles. The summed E-state index contributed by atoms with van der Waals surface area (Å²) in [5, 5.41) is 12.2. The van der Waals surface area contributed by atoms with Gasteiger partial charge in [0, 0.05) is 11.4 Å². The molecule has 0 spiro atoms. The minimum absolute atomic E-state index is 0.358. The zero-order valence-corrected chi connectivity index (χ0v) is 16.2. The average molecular weight is 406 g/mol. The van der Waals surface area contributed by atoms with E-state index >= 15 is 0 Å². The van der Waals surface area contributed by atoms with Crippen LogP contribution in [0.25, 0.3) is 0 Å². The van der Waals surface area contributed by atoms with E-state index in [2.05, 4.69) is 25.8 Å². The van der Waals surface area contributed by atoms with Gasteiger partial charge in [0.15, 0.2) is 0 Å². The van der Waals surface area contributed by atoms with Crippen molar-refractivity contribution in [3.63, 3.8) is 0 Å². The lowest BCUT2D eigenvalue weighted by molar-refractivity contribution is -0.106. The molecule has 0 unspecified atom stereocenters. The van der Waals surface area contributed by atoms with Crippen LogP contribution >= 0.6 is 0 Å². The highest BCUT2D eigenvalue weighted by Gasteiger charge is 2.43. The van der Waals surface area contributed by atoms with Crippen LogP contribution < -0.4 is 22.1 Å². The SMILES string of the molecule is NCCC1(c2n[nH]c(=O)[nH]2)c2ccc(NC=O)cc2CCc2cc(NC=O)ccc21. The summed E-state index contributed by atoms with van der Waals surface area (Å²) in [7, 11) is 0. The van der Waals surface area contributed by atoms with Gasteiger partial charge in [-0.2, -0.15) is 5.10 Å². The molecule has 30 heavy (non-hydrogen) atoms. The number of nitrogens with two attached hydrogens (primary N) is 1. The van der Waals surface area contributed by atoms with Gasteiger partial charge in [-0.15, -0.1) is 0 Å². The van der Waals surface area contributed by atoms with Crippen molar-refractivity contribution >= 4 is 24.2 Å². The van der Waals surface area contributed by atoms with E-state index in [9.17, 15) is 14.4 Å². The first kappa shape index (κ1) is 19.6. The number of benzene rings is 2. The number of carbonyl (C=O) groups excluding carboxylic acids is 2. The lowest BCUT2D eigenvalue weighted by Crippen LogP contribution is -2.35. The molecule has 0 bridgehead atoms. The maximum atomic E-state index is 12.0. The summed E-state index contributed by atoms with van der Waals surface area (Å²) in [4.78, 5) is 36.7. The van der Waals surface area contributed by atoms with Crippen LogP contribution in [0.15, 0.2) is 41.2 Å². The smallest absolute Gasteiger partial charge is 0.330 e. The normalized spacial score (nSPS) is 14.2. The molecule has 3 aromatic rings. The molecule has 0 saturated carbocycles. The fraction of sp³-hybridized carbons (Fsp3) is 0.238. The van der Waals surface area contributed by atoms with Gasteiger partial charge in [0.25, 0.3) is 0 Å². The molecular formula is C21H22N6O3. The van der Waals surface area contributed by atoms with Crippen LogP contribution in [0.5, 0.6) is 0 Å². The highest BCUT2D eigenvalue weighted by Crippen LogP contribution is 2.46. The maximum Gasteiger partial charge on any atom is 0.340 e. The topological polar surface area (TPSA) is 146 Å². The van der Waals surface area contributed by atoms with E-state index in [0.29, 0.717) is 55.8 Å². The van der Waals surface area contributed by atoms with Crippen LogP contribution in [0.1, 0.15) is 34.5 Å². The zero-order chi connectivity index (χ0) is 21.1. The summed E-state index contributed by atoms with van der Waals surface area (Å²) in [5.41, 5.74) is 10.3. The predicted molar refractivity (Wildman–Crippen MR) is 112 cm³/mol. The molecule has 1 aliphatic rings.